The van der Waals surface area contributed by atoms with Gasteiger partial charge < -0.3 is 18.9 Å². The van der Waals surface area contributed by atoms with Crippen molar-refractivity contribution in [2.24, 2.45) is 0 Å². The van der Waals surface area contributed by atoms with Gasteiger partial charge in [-0.15, -0.1) is 0 Å². The fraction of sp³-hybridized carbons (Fsp3) is 0.273. The predicted octanol–water partition coefficient (Wildman–Crippen LogP) is 3.57. The Bertz CT molecular complexity index is 979. The fourth-order valence-corrected chi connectivity index (χ4v) is 2.55. The summed E-state index contributed by atoms with van der Waals surface area (Å²) in [7, 11) is 2.76. The molecule has 8 nitrogen and oxygen atoms in total. The molecule has 0 unspecified atom stereocenters. The summed E-state index contributed by atoms with van der Waals surface area (Å²) in [6.07, 6.45) is 2.50. The van der Waals surface area contributed by atoms with E-state index in [0.717, 1.165) is 6.08 Å². The number of benzene rings is 2. The number of ether oxygens (including phenoxy) is 4. The minimum Gasteiger partial charge on any atom is -0.493 e. The highest BCUT2D eigenvalue weighted by Gasteiger charge is 2.13. The van der Waals surface area contributed by atoms with E-state index in [9.17, 15) is 18.4 Å². The lowest BCUT2D eigenvalue weighted by molar-refractivity contribution is -0.117. The van der Waals surface area contributed by atoms with Crippen LogP contribution in [0.3, 0.4) is 0 Å². The number of halogens is 2. The number of carbonyl (C=O) groups excluding carboxylic acids is 2. The van der Waals surface area contributed by atoms with Gasteiger partial charge >= 0.3 is 6.61 Å². The Kier molecular flexibility index (Phi) is 8.82. The second-order valence-electron chi connectivity index (χ2n) is 6.60. The molecule has 2 N–H and O–H groups in total. The maximum absolute atomic E-state index is 12.4. The van der Waals surface area contributed by atoms with E-state index in [1.165, 1.54) is 50.6 Å². The minimum absolute atomic E-state index is 0.0670. The van der Waals surface area contributed by atoms with Gasteiger partial charge in [0.05, 0.1) is 20.3 Å². The fourth-order valence-electron chi connectivity index (χ4n) is 2.55. The van der Waals surface area contributed by atoms with Gasteiger partial charge in [0, 0.05) is 11.6 Å². The summed E-state index contributed by atoms with van der Waals surface area (Å²) in [4.78, 5) is 24.3. The Morgan fingerprint density at radius 3 is 2.12 bits per heavy atom. The van der Waals surface area contributed by atoms with Gasteiger partial charge in [0.15, 0.2) is 23.0 Å². The third kappa shape index (κ3) is 7.15. The number of nitrogens with one attached hydrogen (secondary N) is 2. The van der Waals surface area contributed by atoms with Crippen molar-refractivity contribution in [3.05, 3.63) is 53.6 Å². The lowest BCUT2D eigenvalue weighted by Crippen LogP contribution is -2.40. The molecule has 0 aliphatic heterocycles. The second kappa shape index (κ2) is 11.5. The van der Waals surface area contributed by atoms with Gasteiger partial charge in [-0.1, -0.05) is 6.07 Å². The molecule has 0 aliphatic carbocycles. The summed E-state index contributed by atoms with van der Waals surface area (Å²) in [6.45, 7) is 0.744. The van der Waals surface area contributed by atoms with Crippen LogP contribution < -0.4 is 29.8 Å². The Morgan fingerprint density at radius 1 is 0.875 bits per heavy atom. The largest absolute Gasteiger partial charge is 0.493 e. The first-order valence-corrected chi connectivity index (χ1v) is 9.49. The lowest BCUT2D eigenvalue weighted by atomic mass is 10.2. The maximum Gasteiger partial charge on any atom is 0.387 e. The molecule has 2 aromatic rings. The van der Waals surface area contributed by atoms with E-state index < -0.39 is 18.4 Å². The Labute approximate surface area is 184 Å². The molecule has 32 heavy (non-hydrogen) atoms. The van der Waals surface area contributed by atoms with Crippen LogP contribution in [0.15, 0.2) is 42.5 Å². The van der Waals surface area contributed by atoms with Crippen molar-refractivity contribution < 1.29 is 37.3 Å². The number of alkyl halides is 2. The van der Waals surface area contributed by atoms with Gasteiger partial charge in [-0.2, -0.15) is 8.78 Å². The number of amides is 2. The summed E-state index contributed by atoms with van der Waals surface area (Å²) in [5.74, 6) is -0.345. The van der Waals surface area contributed by atoms with Crippen LogP contribution in [0.1, 0.15) is 29.8 Å². The summed E-state index contributed by atoms with van der Waals surface area (Å²) < 4.78 is 44.9. The minimum atomic E-state index is -2.99. The van der Waals surface area contributed by atoms with Crippen LogP contribution in [0.25, 0.3) is 6.08 Å². The van der Waals surface area contributed by atoms with Gasteiger partial charge in [-0.3, -0.25) is 20.4 Å². The zero-order valence-electron chi connectivity index (χ0n) is 18.0. The molecule has 0 bridgehead atoms. The van der Waals surface area contributed by atoms with E-state index in [2.05, 4.69) is 15.6 Å². The van der Waals surface area contributed by atoms with E-state index in [1.54, 1.807) is 6.07 Å². The third-order valence-electron chi connectivity index (χ3n) is 3.92. The van der Waals surface area contributed by atoms with Crippen LogP contribution >= 0.6 is 0 Å². The van der Waals surface area contributed by atoms with E-state index in [0.29, 0.717) is 17.1 Å². The number of hydrogen-bond acceptors (Lipinski definition) is 6. The van der Waals surface area contributed by atoms with Gasteiger partial charge in [0.1, 0.15) is 0 Å². The molecular weight excluding hydrogens is 426 g/mol. The Hall–Kier alpha value is -3.82. The summed E-state index contributed by atoms with van der Waals surface area (Å²) in [5.41, 5.74) is 5.28. The molecule has 2 rings (SSSR count). The predicted molar refractivity (Wildman–Crippen MR) is 113 cm³/mol. The molecule has 0 spiro atoms. The SMILES string of the molecule is COc1cc(C(=O)NNC(=O)/C=C/c2ccc(OC(F)F)c(OC)c2)ccc1OC(C)C. The molecule has 0 aromatic heterocycles. The Morgan fingerprint density at radius 2 is 1.50 bits per heavy atom. The molecule has 0 aliphatic rings. The molecular formula is C22H24F2N2O6. The first kappa shape index (κ1) is 24.4. The number of carbonyl (C=O) groups is 2. The van der Waals surface area contributed by atoms with Crippen LogP contribution in [-0.2, 0) is 4.79 Å². The highest BCUT2D eigenvalue weighted by molar-refractivity contribution is 5.98. The standard InChI is InChI=1S/C22H24F2N2O6/c1-13(2)31-16-9-7-15(12-19(16)30-4)21(28)26-25-20(27)10-6-14-5-8-17(32-22(23)24)18(11-14)29-3/h5-13,22H,1-4H3,(H,25,27)(H,26,28)/b10-6+. The summed E-state index contributed by atoms with van der Waals surface area (Å²) in [6, 6.07) is 8.81. The van der Waals surface area contributed by atoms with Gasteiger partial charge in [-0.05, 0) is 55.8 Å². The molecule has 10 heteroatoms. The maximum atomic E-state index is 12.4. The molecule has 0 radical (unpaired) electrons. The summed E-state index contributed by atoms with van der Waals surface area (Å²) in [5, 5.41) is 0. The van der Waals surface area contributed by atoms with E-state index >= 15 is 0 Å². The highest BCUT2D eigenvalue weighted by atomic mass is 19.3. The zero-order valence-corrected chi connectivity index (χ0v) is 18.0. The Balaban J connectivity index is 1.97. The van der Waals surface area contributed by atoms with Crippen molar-refractivity contribution >= 4 is 17.9 Å². The smallest absolute Gasteiger partial charge is 0.387 e. The summed E-state index contributed by atoms with van der Waals surface area (Å²) >= 11 is 0. The normalized spacial score (nSPS) is 10.9. The van der Waals surface area contributed by atoms with Crippen molar-refractivity contribution in [2.75, 3.05) is 14.2 Å². The number of hydrogen-bond donors (Lipinski definition) is 2. The average Bonchev–Trinajstić information content (AvgIpc) is 2.76. The molecule has 2 amide bonds. The van der Waals surface area contributed by atoms with Crippen LogP contribution in [0.2, 0.25) is 0 Å². The first-order chi connectivity index (χ1) is 15.2. The second-order valence-corrected chi connectivity index (χ2v) is 6.60. The third-order valence-corrected chi connectivity index (χ3v) is 3.92. The monoisotopic (exact) mass is 450 g/mol. The van der Waals surface area contributed by atoms with Crippen LogP contribution in [0.4, 0.5) is 8.78 Å². The van der Waals surface area contributed by atoms with Gasteiger partial charge in [0.25, 0.3) is 11.8 Å². The van der Waals surface area contributed by atoms with E-state index in [-0.39, 0.29) is 23.2 Å². The zero-order chi connectivity index (χ0) is 23.7. The number of rotatable bonds is 9. The van der Waals surface area contributed by atoms with Crippen LogP contribution in [-0.4, -0.2) is 38.7 Å². The van der Waals surface area contributed by atoms with Crippen molar-refractivity contribution in [1.82, 2.24) is 10.9 Å². The molecule has 0 fully saturated rings. The molecule has 0 saturated carbocycles. The van der Waals surface area contributed by atoms with E-state index in [1.807, 2.05) is 13.8 Å². The number of methoxy groups -OCH3 is 2. The quantitative estimate of drug-likeness (QED) is 0.448. The van der Waals surface area contributed by atoms with Gasteiger partial charge in [-0.25, -0.2) is 0 Å². The molecule has 0 atom stereocenters. The van der Waals surface area contributed by atoms with Crippen LogP contribution in [0.5, 0.6) is 23.0 Å². The van der Waals surface area contributed by atoms with Crippen molar-refractivity contribution in [2.45, 2.75) is 26.6 Å². The average molecular weight is 450 g/mol. The highest BCUT2D eigenvalue weighted by Crippen LogP contribution is 2.30. The molecule has 172 valence electrons. The lowest BCUT2D eigenvalue weighted by Gasteiger charge is -2.14. The topological polar surface area (TPSA) is 95.1 Å². The van der Waals surface area contributed by atoms with Crippen molar-refractivity contribution in [3.63, 3.8) is 0 Å². The first-order valence-electron chi connectivity index (χ1n) is 9.49. The van der Waals surface area contributed by atoms with E-state index in [4.69, 9.17) is 14.2 Å². The van der Waals surface area contributed by atoms with Crippen LogP contribution in [0, 0.1) is 0 Å². The molecule has 0 heterocycles. The van der Waals surface area contributed by atoms with Crippen molar-refractivity contribution in [3.8, 4) is 23.0 Å². The number of hydrazine groups is 1. The van der Waals surface area contributed by atoms with Gasteiger partial charge in [0.2, 0.25) is 0 Å². The van der Waals surface area contributed by atoms with Crippen molar-refractivity contribution in [1.29, 1.82) is 0 Å². The molecule has 0 saturated heterocycles. The molecule has 2 aromatic carbocycles.